The highest BCUT2D eigenvalue weighted by atomic mass is 16.6. The number of carbonyl (C=O) groups excluding carboxylic acids is 1. The van der Waals surface area contributed by atoms with Gasteiger partial charge in [0, 0.05) is 12.0 Å². The van der Waals surface area contributed by atoms with Gasteiger partial charge in [-0.25, -0.2) is 4.79 Å². The summed E-state index contributed by atoms with van der Waals surface area (Å²) in [5.74, 6) is 0.0399. The molecule has 3 aliphatic heterocycles. The van der Waals surface area contributed by atoms with Crippen molar-refractivity contribution in [2.45, 2.75) is 70.1 Å². The lowest BCUT2D eigenvalue weighted by Gasteiger charge is -2.49. The first-order valence-corrected chi connectivity index (χ1v) is 8.87. The van der Waals surface area contributed by atoms with Gasteiger partial charge in [0.15, 0.2) is 5.60 Å². The van der Waals surface area contributed by atoms with Crippen LogP contribution in [0.15, 0.2) is 12.2 Å². The summed E-state index contributed by atoms with van der Waals surface area (Å²) in [6.07, 6.45) is 9.57. The normalized spacial score (nSPS) is 38.3. The van der Waals surface area contributed by atoms with E-state index in [1.165, 1.54) is 0 Å². The van der Waals surface area contributed by atoms with Gasteiger partial charge in [-0.1, -0.05) is 18.9 Å². The summed E-state index contributed by atoms with van der Waals surface area (Å²) < 4.78 is 5.89. The van der Waals surface area contributed by atoms with Crippen molar-refractivity contribution in [1.82, 2.24) is 4.90 Å². The van der Waals surface area contributed by atoms with E-state index in [0.717, 1.165) is 51.6 Å². The molecule has 4 fully saturated rings. The van der Waals surface area contributed by atoms with Gasteiger partial charge in [0.05, 0.1) is 0 Å². The van der Waals surface area contributed by atoms with E-state index >= 15 is 0 Å². The molecule has 0 radical (unpaired) electrons. The number of allylic oxidation sites excluding steroid dienone is 1. The number of hydrogen-bond donors (Lipinski definition) is 1. The SMILES string of the molecule is C/C=C\C(O)(C(=O)O[C@@H]1C2CCN(CC2)[C@@H]1C)C1CCCC1. The monoisotopic (exact) mass is 307 g/mol. The number of nitrogens with zero attached hydrogens (tertiary/aromatic N) is 1. The van der Waals surface area contributed by atoms with Crippen LogP contribution in [0.2, 0.25) is 0 Å². The third kappa shape index (κ3) is 2.71. The number of piperidine rings is 3. The molecule has 0 spiro atoms. The Morgan fingerprint density at radius 1 is 1.23 bits per heavy atom. The molecule has 1 saturated carbocycles. The van der Waals surface area contributed by atoms with Crippen molar-refractivity contribution in [2.24, 2.45) is 11.8 Å². The topological polar surface area (TPSA) is 49.8 Å². The average molecular weight is 307 g/mol. The van der Waals surface area contributed by atoms with Crippen LogP contribution in [0.1, 0.15) is 52.4 Å². The van der Waals surface area contributed by atoms with Gasteiger partial charge < -0.3 is 9.84 Å². The molecule has 3 heterocycles. The molecule has 3 atom stereocenters. The van der Waals surface area contributed by atoms with Gasteiger partial charge in [0.2, 0.25) is 0 Å². The lowest BCUT2D eigenvalue weighted by atomic mass is 9.80. The quantitative estimate of drug-likeness (QED) is 0.640. The van der Waals surface area contributed by atoms with Crippen LogP contribution in [0.5, 0.6) is 0 Å². The Labute approximate surface area is 133 Å². The van der Waals surface area contributed by atoms with E-state index in [9.17, 15) is 9.90 Å². The van der Waals surface area contributed by atoms with E-state index < -0.39 is 11.6 Å². The lowest BCUT2D eigenvalue weighted by Crippen LogP contribution is -2.59. The van der Waals surface area contributed by atoms with E-state index in [1.54, 1.807) is 12.2 Å². The summed E-state index contributed by atoms with van der Waals surface area (Å²) in [5.41, 5.74) is -1.43. The second kappa shape index (κ2) is 6.32. The van der Waals surface area contributed by atoms with Gasteiger partial charge in [-0.15, -0.1) is 0 Å². The third-order valence-electron chi connectivity index (χ3n) is 6.06. The Morgan fingerprint density at radius 2 is 1.86 bits per heavy atom. The number of hydrogen-bond acceptors (Lipinski definition) is 4. The molecule has 0 aromatic rings. The second-order valence-electron chi connectivity index (χ2n) is 7.29. The van der Waals surface area contributed by atoms with E-state index in [4.69, 9.17) is 4.74 Å². The molecule has 0 amide bonds. The van der Waals surface area contributed by atoms with Crippen molar-refractivity contribution in [1.29, 1.82) is 0 Å². The first-order valence-electron chi connectivity index (χ1n) is 8.87. The number of carbonyl (C=O) groups is 1. The van der Waals surface area contributed by atoms with Crippen LogP contribution in [-0.2, 0) is 9.53 Å². The number of aliphatic hydroxyl groups is 1. The number of fused-ring (bicyclic) bond motifs is 3. The fourth-order valence-corrected chi connectivity index (χ4v) is 4.66. The minimum atomic E-state index is -1.43. The maximum Gasteiger partial charge on any atom is 0.342 e. The highest BCUT2D eigenvalue weighted by Gasteiger charge is 2.48. The molecule has 3 saturated heterocycles. The molecule has 0 aromatic carbocycles. The van der Waals surface area contributed by atoms with E-state index in [1.807, 2.05) is 6.92 Å². The molecule has 4 heteroatoms. The highest BCUT2D eigenvalue weighted by molar-refractivity contribution is 5.82. The zero-order valence-corrected chi connectivity index (χ0v) is 13.8. The maximum atomic E-state index is 12.8. The predicted molar refractivity (Wildman–Crippen MR) is 85.4 cm³/mol. The van der Waals surface area contributed by atoms with Crippen LogP contribution in [0, 0.1) is 11.8 Å². The Kier molecular flexibility index (Phi) is 4.60. The first kappa shape index (κ1) is 16.0. The molecule has 4 rings (SSSR count). The summed E-state index contributed by atoms with van der Waals surface area (Å²) in [5, 5.41) is 11.0. The van der Waals surface area contributed by atoms with Crippen LogP contribution in [-0.4, -0.2) is 46.8 Å². The van der Waals surface area contributed by atoms with E-state index in [-0.39, 0.29) is 18.1 Å². The fraction of sp³-hybridized carbons (Fsp3) is 0.833. The molecular weight excluding hydrogens is 278 g/mol. The lowest BCUT2D eigenvalue weighted by molar-refractivity contribution is -0.185. The smallest absolute Gasteiger partial charge is 0.342 e. The zero-order chi connectivity index (χ0) is 15.7. The highest BCUT2D eigenvalue weighted by Crippen LogP contribution is 2.39. The Balaban J connectivity index is 1.73. The fourth-order valence-electron chi connectivity index (χ4n) is 4.66. The predicted octanol–water partition coefficient (Wildman–Crippen LogP) is 2.51. The maximum absolute atomic E-state index is 12.8. The van der Waals surface area contributed by atoms with Gasteiger partial charge in [-0.3, -0.25) is 4.90 Å². The molecule has 4 nitrogen and oxygen atoms in total. The summed E-state index contributed by atoms with van der Waals surface area (Å²) in [7, 11) is 0. The first-order chi connectivity index (χ1) is 10.6. The summed E-state index contributed by atoms with van der Waals surface area (Å²) in [6, 6.07) is 0.273. The Bertz CT molecular complexity index is 434. The van der Waals surface area contributed by atoms with Crippen molar-refractivity contribution in [3.05, 3.63) is 12.2 Å². The van der Waals surface area contributed by atoms with Crippen molar-refractivity contribution >= 4 is 5.97 Å². The van der Waals surface area contributed by atoms with Gasteiger partial charge in [0.25, 0.3) is 0 Å². The van der Waals surface area contributed by atoms with E-state index in [2.05, 4.69) is 11.8 Å². The van der Waals surface area contributed by atoms with Crippen LogP contribution in [0.4, 0.5) is 0 Å². The molecular formula is C18H29NO3. The number of esters is 1. The summed E-state index contributed by atoms with van der Waals surface area (Å²) in [4.78, 5) is 15.2. The average Bonchev–Trinajstić information content (AvgIpc) is 3.06. The van der Waals surface area contributed by atoms with Gasteiger partial charge >= 0.3 is 5.97 Å². The summed E-state index contributed by atoms with van der Waals surface area (Å²) >= 11 is 0. The van der Waals surface area contributed by atoms with Crippen molar-refractivity contribution in [2.75, 3.05) is 13.1 Å². The molecule has 124 valence electrons. The van der Waals surface area contributed by atoms with Crippen LogP contribution in [0.25, 0.3) is 0 Å². The molecule has 1 aliphatic carbocycles. The molecule has 22 heavy (non-hydrogen) atoms. The minimum Gasteiger partial charge on any atom is -0.458 e. The largest absolute Gasteiger partial charge is 0.458 e. The number of ether oxygens (including phenoxy) is 1. The molecule has 2 bridgehead atoms. The second-order valence-corrected chi connectivity index (χ2v) is 7.29. The van der Waals surface area contributed by atoms with Crippen molar-refractivity contribution < 1.29 is 14.6 Å². The Hall–Kier alpha value is -0.870. The zero-order valence-electron chi connectivity index (χ0n) is 13.8. The van der Waals surface area contributed by atoms with Crippen LogP contribution in [0.3, 0.4) is 0 Å². The van der Waals surface area contributed by atoms with Crippen molar-refractivity contribution in [3.63, 3.8) is 0 Å². The number of rotatable bonds is 4. The van der Waals surface area contributed by atoms with Crippen LogP contribution >= 0.6 is 0 Å². The standard InChI is InChI=1S/C18H29NO3/c1-3-10-18(21,15-6-4-5-7-15)17(20)22-16-13(2)19-11-8-14(16)9-12-19/h3,10,13-16,21H,4-9,11-12H2,1-2H3/b10-3-/t13-,16+,18?/m1/s1. The van der Waals surface area contributed by atoms with E-state index in [0.29, 0.717) is 5.92 Å². The van der Waals surface area contributed by atoms with Gasteiger partial charge in [0.1, 0.15) is 6.10 Å². The van der Waals surface area contributed by atoms with Crippen LogP contribution < -0.4 is 0 Å². The molecule has 1 unspecified atom stereocenters. The Morgan fingerprint density at radius 3 is 2.41 bits per heavy atom. The minimum absolute atomic E-state index is 0.00703. The van der Waals surface area contributed by atoms with Crippen molar-refractivity contribution in [3.8, 4) is 0 Å². The molecule has 1 N–H and O–H groups in total. The summed E-state index contributed by atoms with van der Waals surface area (Å²) in [6.45, 7) is 6.22. The molecule has 4 aliphatic rings. The van der Waals surface area contributed by atoms with Gasteiger partial charge in [-0.05, 0) is 64.6 Å². The molecule has 0 aromatic heterocycles. The van der Waals surface area contributed by atoms with Gasteiger partial charge in [-0.2, -0.15) is 0 Å². The third-order valence-corrected chi connectivity index (χ3v) is 6.06.